The Kier molecular flexibility index (Phi) is 3.86. The molecule has 1 saturated heterocycles. The lowest BCUT2D eigenvalue weighted by Gasteiger charge is -2.16. The maximum absolute atomic E-state index is 12.8. The van der Waals surface area contributed by atoms with Crippen LogP contribution in [0, 0.1) is 11.7 Å². The Morgan fingerprint density at radius 1 is 1.37 bits per heavy atom. The summed E-state index contributed by atoms with van der Waals surface area (Å²) < 4.78 is 43.1. The third-order valence-corrected chi connectivity index (χ3v) is 5.02. The third-order valence-electron chi connectivity index (χ3n) is 3.14. The van der Waals surface area contributed by atoms with Crippen LogP contribution in [0.4, 0.5) is 4.39 Å². The number of esters is 1. The number of nitrogens with zero attached hydrogens (tertiary/aromatic N) is 1. The Morgan fingerprint density at radius 3 is 2.58 bits per heavy atom. The average Bonchev–Trinajstić information content (AvgIpc) is 2.88. The number of methoxy groups -OCH3 is 1. The molecule has 1 unspecified atom stereocenters. The van der Waals surface area contributed by atoms with Gasteiger partial charge in [-0.15, -0.1) is 0 Å². The molecule has 2 rings (SSSR count). The molecular weight excluding hydrogens is 273 g/mol. The highest BCUT2D eigenvalue weighted by Gasteiger charge is 2.36. The second-order valence-electron chi connectivity index (χ2n) is 4.33. The number of rotatable bonds is 3. The van der Waals surface area contributed by atoms with Gasteiger partial charge in [-0.3, -0.25) is 4.79 Å². The van der Waals surface area contributed by atoms with E-state index in [9.17, 15) is 17.6 Å². The number of benzene rings is 1. The Bertz CT molecular complexity index is 570. The normalized spacial score (nSPS) is 20.4. The van der Waals surface area contributed by atoms with Crippen LogP contribution in [-0.2, 0) is 19.6 Å². The second-order valence-corrected chi connectivity index (χ2v) is 6.26. The molecule has 0 aromatic heterocycles. The molecule has 0 saturated carbocycles. The topological polar surface area (TPSA) is 63.7 Å². The van der Waals surface area contributed by atoms with Crippen LogP contribution >= 0.6 is 0 Å². The van der Waals surface area contributed by atoms with Gasteiger partial charge < -0.3 is 4.74 Å². The first-order valence-electron chi connectivity index (χ1n) is 5.78. The van der Waals surface area contributed by atoms with Gasteiger partial charge in [-0.1, -0.05) is 0 Å². The van der Waals surface area contributed by atoms with Gasteiger partial charge in [0.05, 0.1) is 17.9 Å². The predicted octanol–water partition coefficient (Wildman–Crippen LogP) is 1.01. The van der Waals surface area contributed by atoms with E-state index in [1.54, 1.807) is 0 Å². The van der Waals surface area contributed by atoms with Crippen LogP contribution in [0.25, 0.3) is 0 Å². The van der Waals surface area contributed by atoms with Crippen molar-refractivity contribution in [2.45, 2.75) is 11.3 Å². The lowest BCUT2D eigenvalue weighted by Crippen LogP contribution is -2.30. The van der Waals surface area contributed by atoms with Crippen molar-refractivity contribution in [1.29, 1.82) is 0 Å². The lowest BCUT2D eigenvalue weighted by atomic mass is 10.1. The summed E-state index contributed by atoms with van der Waals surface area (Å²) in [5.74, 6) is -1.33. The molecule has 0 aliphatic carbocycles. The molecule has 7 heteroatoms. The van der Waals surface area contributed by atoms with Crippen molar-refractivity contribution in [2.24, 2.45) is 5.92 Å². The van der Waals surface area contributed by atoms with Crippen LogP contribution in [0.2, 0.25) is 0 Å². The highest BCUT2D eigenvalue weighted by molar-refractivity contribution is 7.89. The fraction of sp³-hybridized carbons (Fsp3) is 0.417. The molecule has 1 fully saturated rings. The Hall–Kier alpha value is -1.47. The van der Waals surface area contributed by atoms with E-state index >= 15 is 0 Å². The molecule has 1 aromatic carbocycles. The smallest absolute Gasteiger partial charge is 0.310 e. The van der Waals surface area contributed by atoms with E-state index in [0.29, 0.717) is 6.42 Å². The van der Waals surface area contributed by atoms with E-state index in [-0.39, 0.29) is 18.0 Å². The molecular formula is C12H14FNO4S. The van der Waals surface area contributed by atoms with E-state index in [4.69, 9.17) is 0 Å². The number of halogens is 1. The van der Waals surface area contributed by atoms with Gasteiger partial charge in [-0.25, -0.2) is 12.8 Å². The predicted molar refractivity (Wildman–Crippen MR) is 65.3 cm³/mol. The highest BCUT2D eigenvalue weighted by atomic mass is 32.2. The largest absolute Gasteiger partial charge is 0.469 e. The Balaban J connectivity index is 2.18. The minimum atomic E-state index is -3.67. The van der Waals surface area contributed by atoms with Crippen molar-refractivity contribution in [3.8, 4) is 0 Å². The Morgan fingerprint density at radius 2 is 2.00 bits per heavy atom. The van der Waals surface area contributed by atoms with Crippen molar-refractivity contribution >= 4 is 16.0 Å². The van der Waals surface area contributed by atoms with Crippen LogP contribution in [0.5, 0.6) is 0 Å². The first kappa shape index (κ1) is 14.0. The molecule has 104 valence electrons. The zero-order valence-corrected chi connectivity index (χ0v) is 11.2. The van der Waals surface area contributed by atoms with Crippen LogP contribution in [-0.4, -0.2) is 38.9 Å². The van der Waals surface area contributed by atoms with Crippen LogP contribution in [0.1, 0.15) is 6.42 Å². The van der Waals surface area contributed by atoms with Crippen molar-refractivity contribution < 1.29 is 22.3 Å². The van der Waals surface area contributed by atoms with Gasteiger partial charge in [0.2, 0.25) is 10.0 Å². The molecule has 0 spiro atoms. The summed E-state index contributed by atoms with van der Waals surface area (Å²) in [5.41, 5.74) is 0. The fourth-order valence-corrected chi connectivity index (χ4v) is 3.56. The SMILES string of the molecule is COC(=O)C1CCN(S(=O)(=O)c2ccc(F)cc2)C1. The van der Waals surface area contributed by atoms with Gasteiger partial charge >= 0.3 is 5.97 Å². The summed E-state index contributed by atoms with van der Waals surface area (Å²) >= 11 is 0. The number of carbonyl (C=O) groups excluding carboxylic acids is 1. The van der Waals surface area contributed by atoms with Crippen LogP contribution in [0.3, 0.4) is 0 Å². The van der Waals surface area contributed by atoms with Crippen molar-refractivity contribution in [2.75, 3.05) is 20.2 Å². The van der Waals surface area contributed by atoms with E-state index in [1.807, 2.05) is 0 Å². The molecule has 1 aliphatic heterocycles. The van der Waals surface area contributed by atoms with E-state index < -0.39 is 27.7 Å². The standard InChI is InChI=1S/C12H14FNO4S/c1-18-12(15)9-6-7-14(8-9)19(16,17)11-4-2-10(13)3-5-11/h2-5,9H,6-8H2,1H3. The first-order chi connectivity index (χ1) is 8.95. The lowest BCUT2D eigenvalue weighted by molar-refractivity contribution is -0.144. The van der Waals surface area contributed by atoms with E-state index in [1.165, 1.54) is 23.5 Å². The fourth-order valence-electron chi connectivity index (χ4n) is 2.06. The molecule has 19 heavy (non-hydrogen) atoms. The molecule has 0 amide bonds. The number of ether oxygens (including phenoxy) is 1. The minimum absolute atomic E-state index is 0.0272. The number of hydrogen-bond donors (Lipinski definition) is 0. The maximum atomic E-state index is 12.8. The maximum Gasteiger partial charge on any atom is 0.310 e. The summed E-state index contributed by atoms with van der Waals surface area (Å²) in [6, 6.07) is 4.63. The summed E-state index contributed by atoms with van der Waals surface area (Å²) in [5, 5.41) is 0. The van der Waals surface area contributed by atoms with Gasteiger partial charge in [-0.2, -0.15) is 4.31 Å². The van der Waals surface area contributed by atoms with Crippen molar-refractivity contribution in [1.82, 2.24) is 4.31 Å². The van der Waals surface area contributed by atoms with Gasteiger partial charge in [0.1, 0.15) is 5.82 Å². The summed E-state index contributed by atoms with van der Waals surface area (Å²) in [7, 11) is -2.39. The quantitative estimate of drug-likeness (QED) is 0.778. The van der Waals surface area contributed by atoms with Gasteiger partial charge in [-0.05, 0) is 30.7 Å². The first-order valence-corrected chi connectivity index (χ1v) is 7.22. The van der Waals surface area contributed by atoms with Crippen LogP contribution < -0.4 is 0 Å². The molecule has 0 radical (unpaired) electrons. The average molecular weight is 287 g/mol. The van der Waals surface area contributed by atoms with Crippen molar-refractivity contribution in [3.05, 3.63) is 30.1 Å². The summed E-state index contributed by atoms with van der Waals surface area (Å²) in [6.07, 6.45) is 0.438. The molecule has 1 heterocycles. The molecule has 1 aromatic rings. The minimum Gasteiger partial charge on any atom is -0.469 e. The van der Waals surface area contributed by atoms with Gasteiger partial charge in [0, 0.05) is 13.1 Å². The molecule has 5 nitrogen and oxygen atoms in total. The van der Waals surface area contributed by atoms with E-state index in [0.717, 1.165) is 12.1 Å². The van der Waals surface area contributed by atoms with E-state index in [2.05, 4.69) is 4.74 Å². The second kappa shape index (κ2) is 5.26. The summed E-state index contributed by atoms with van der Waals surface area (Å²) in [6.45, 7) is 0.367. The van der Waals surface area contributed by atoms with Gasteiger partial charge in [0.15, 0.2) is 0 Å². The molecule has 0 bridgehead atoms. The highest BCUT2D eigenvalue weighted by Crippen LogP contribution is 2.25. The monoisotopic (exact) mass is 287 g/mol. The van der Waals surface area contributed by atoms with Gasteiger partial charge in [0.25, 0.3) is 0 Å². The summed E-state index contributed by atoms with van der Waals surface area (Å²) in [4.78, 5) is 11.4. The molecule has 0 N–H and O–H groups in total. The molecule has 1 aliphatic rings. The zero-order valence-electron chi connectivity index (χ0n) is 10.4. The third kappa shape index (κ3) is 2.76. The zero-order chi connectivity index (χ0) is 14.0. The Labute approximate surface area is 111 Å². The molecule has 1 atom stereocenters. The van der Waals surface area contributed by atoms with Crippen LogP contribution in [0.15, 0.2) is 29.2 Å². The number of carbonyl (C=O) groups is 1. The number of hydrogen-bond acceptors (Lipinski definition) is 4. The van der Waals surface area contributed by atoms with Crippen molar-refractivity contribution in [3.63, 3.8) is 0 Å². The number of sulfonamides is 1.